The number of halogens is 6. The van der Waals surface area contributed by atoms with E-state index in [2.05, 4.69) is 5.32 Å². The van der Waals surface area contributed by atoms with Gasteiger partial charge in [0.15, 0.2) is 0 Å². The molecule has 0 radical (unpaired) electrons. The molecule has 1 atom stereocenters. The van der Waals surface area contributed by atoms with Gasteiger partial charge in [-0.2, -0.15) is 26.3 Å². The standard InChI is InChI=1S/C28H26F6N2O5/c1-15(2)18-5-8-25(40-4)24(11-18)22-7-6-19(27(29,30)31)13-23(22)16(3)41-26(37)35-14-17-9-20(28(32,33)34)12-21(10-17)36(38)39/h5-13,15-16H,14H2,1-4H3,(H,35,37). The average Bonchev–Trinajstić information content (AvgIpc) is 2.89. The smallest absolute Gasteiger partial charge is 0.416 e. The molecule has 0 aromatic heterocycles. The van der Waals surface area contributed by atoms with E-state index in [1.165, 1.54) is 20.1 Å². The normalized spacial score (nSPS) is 12.7. The number of ether oxygens (including phenoxy) is 2. The number of rotatable bonds is 8. The van der Waals surface area contributed by atoms with Crippen LogP contribution < -0.4 is 10.1 Å². The highest BCUT2D eigenvalue weighted by molar-refractivity contribution is 5.76. The number of carbonyl (C=O) groups excluding carboxylic acids is 1. The minimum Gasteiger partial charge on any atom is -0.496 e. The highest BCUT2D eigenvalue weighted by Gasteiger charge is 2.34. The van der Waals surface area contributed by atoms with Crippen LogP contribution in [-0.2, 0) is 23.6 Å². The Kier molecular flexibility index (Phi) is 9.19. The summed E-state index contributed by atoms with van der Waals surface area (Å²) >= 11 is 0. The summed E-state index contributed by atoms with van der Waals surface area (Å²) in [5.41, 5.74) is -1.66. The van der Waals surface area contributed by atoms with E-state index in [-0.39, 0.29) is 17.0 Å². The van der Waals surface area contributed by atoms with E-state index in [9.17, 15) is 41.3 Å². The molecule has 1 N–H and O–H groups in total. The summed E-state index contributed by atoms with van der Waals surface area (Å²) in [4.78, 5) is 22.6. The molecule has 1 amide bonds. The summed E-state index contributed by atoms with van der Waals surface area (Å²) in [6, 6.07) is 10.1. The second-order valence-corrected chi connectivity index (χ2v) is 9.46. The van der Waals surface area contributed by atoms with E-state index in [1.807, 2.05) is 19.9 Å². The van der Waals surface area contributed by atoms with Crippen molar-refractivity contribution in [1.82, 2.24) is 5.32 Å². The fourth-order valence-electron chi connectivity index (χ4n) is 4.10. The molecule has 3 rings (SSSR count). The third-order valence-corrected chi connectivity index (χ3v) is 6.23. The van der Waals surface area contributed by atoms with Crippen LogP contribution in [0.4, 0.5) is 36.8 Å². The Bertz CT molecular complexity index is 1440. The van der Waals surface area contributed by atoms with E-state index in [1.54, 1.807) is 12.1 Å². The van der Waals surface area contributed by atoms with Crippen molar-refractivity contribution in [3.05, 3.63) is 92.5 Å². The molecule has 220 valence electrons. The molecule has 0 spiro atoms. The molecule has 0 aliphatic rings. The van der Waals surface area contributed by atoms with Gasteiger partial charge in [-0.25, -0.2) is 4.79 Å². The van der Waals surface area contributed by atoms with Gasteiger partial charge in [0, 0.05) is 29.8 Å². The number of alkyl carbamates (subject to hydrolysis) is 1. The van der Waals surface area contributed by atoms with Crippen LogP contribution in [0, 0.1) is 10.1 Å². The lowest BCUT2D eigenvalue weighted by Gasteiger charge is -2.21. The van der Waals surface area contributed by atoms with Crippen molar-refractivity contribution in [2.24, 2.45) is 0 Å². The van der Waals surface area contributed by atoms with Gasteiger partial charge >= 0.3 is 18.4 Å². The fourth-order valence-corrected chi connectivity index (χ4v) is 4.10. The predicted molar refractivity (Wildman–Crippen MR) is 137 cm³/mol. The van der Waals surface area contributed by atoms with Crippen LogP contribution in [0.1, 0.15) is 60.6 Å². The number of alkyl halides is 6. The third kappa shape index (κ3) is 7.68. The highest BCUT2D eigenvalue weighted by atomic mass is 19.4. The zero-order chi connectivity index (χ0) is 30.7. The lowest BCUT2D eigenvalue weighted by atomic mass is 9.91. The van der Waals surface area contributed by atoms with E-state index in [0.29, 0.717) is 29.0 Å². The number of methoxy groups -OCH3 is 1. The predicted octanol–water partition coefficient (Wildman–Crippen LogP) is 8.42. The first-order chi connectivity index (χ1) is 19.0. The van der Waals surface area contributed by atoms with Crippen LogP contribution in [0.2, 0.25) is 0 Å². The van der Waals surface area contributed by atoms with Gasteiger partial charge in [-0.05, 0) is 59.9 Å². The number of nitrogens with one attached hydrogen (secondary N) is 1. The second kappa shape index (κ2) is 12.1. The molecular weight excluding hydrogens is 558 g/mol. The zero-order valence-electron chi connectivity index (χ0n) is 22.3. The largest absolute Gasteiger partial charge is 0.496 e. The Hall–Kier alpha value is -4.29. The molecule has 13 heteroatoms. The van der Waals surface area contributed by atoms with Gasteiger partial charge in [0.2, 0.25) is 0 Å². The van der Waals surface area contributed by atoms with Crippen LogP contribution in [0.15, 0.2) is 54.6 Å². The van der Waals surface area contributed by atoms with E-state index in [0.717, 1.165) is 23.8 Å². The first-order valence-electron chi connectivity index (χ1n) is 12.2. The molecule has 0 saturated heterocycles. The Labute approximate surface area is 231 Å². The molecule has 0 saturated carbocycles. The Balaban J connectivity index is 1.93. The van der Waals surface area contributed by atoms with Crippen LogP contribution in [0.25, 0.3) is 11.1 Å². The van der Waals surface area contributed by atoms with E-state index < -0.39 is 52.8 Å². The van der Waals surface area contributed by atoms with E-state index >= 15 is 0 Å². The summed E-state index contributed by atoms with van der Waals surface area (Å²) in [6.45, 7) is 4.64. The molecule has 0 bridgehead atoms. The van der Waals surface area contributed by atoms with Gasteiger partial charge in [0.1, 0.15) is 11.9 Å². The van der Waals surface area contributed by atoms with Crippen LogP contribution in [-0.4, -0.2) is 18.1 Å². The monoisotopic (exact) mass is 584 g/mol. The number of hydrogen-bond acceptors (Lipinski definition) is 5. The van der Waals surface area contributed by atoms with Crippen LogP contribution in [0.3, 0.4) is 0 Å². The number of hydrogen-bond donors (Lipinski definition) is 1. The number of benzene rings is 3. The minimum atomic E-state index is -4.87. The zero-order valence-corrected chi connectivity index (χ0v) is 22.3. The minimum absolute atomic E-state index is 0.00360. The Morgan fingerprint density at radius 2 is 1.56 bits per heavy atom. The molecule has 0 aliphatic carbocycles. The van der Waals surface area contributed by atoms with Crippen LogP contribution in [0.5, 0.6) is 5.75 Å². The van der Waals surface area contributed by atoms with Crippen molar-refractivity contribution in [3.63, 3.8) is 0 Å². The molecule has 0 aliphatic heterocycles. The first kappa shape index (κ1) is 31.2. The first-order valence-corrected chi connectivity index (χ1v) is 12.2. The second-order valence-electron chi connectivity index (χ2n) is 9.46. The molecule has 0 heterocycles. The number of nitro benzene ring substituents is 1. The molecule has 7 nitrogen and oxygen atoms in total. The SMILES string of the molecule is COc1ccc(C(C)C)cc1-c1ccc(C(F)(F)F)cc1C(C)OC(=O)NCc1cc([N+](=O)[O-])cc(C(F)(F)F)c1. The topological polar surface area (TPSA) is 90.7 Å². The third-order valence-electron chi connectivity index (χ3n) is 6.23. The van der Waals surface area contributed by atoms with Crippen molar-refractivity contribution in [3.8, 4) is 16.9 Å². The number of nitro groups is 1. The highest BCUT2D eigenvalue weighted by Crippen LogP contribution is 2.41. The quantitative estimate of drug-likeness (QED) is 0.163. The molecule has 41 heavy (non-hydrogen) atoms. The van der Waals surface area contributed by atoms with Crippen molar-refractivity contribution in [2.75, 3.05) is 7.11 Å². The number of non-ortho nitro benzene ring substituents is 1. The maximum atomic E-state index is 13.6. The van der Waals surface area contributed by atoms with E-state index in [4.69, 9.17) is 9.47 Å². The van der Waals surface area contributed by atoms with Gasteiger partial charge in [0.25, 0.3) is 5.69 Å². The lowest BCUT2D eigenvalue weighted by Crippen LogP contribution is -2.25. The molecule has 3 aromatic rings. The van der Waals surface area contributed by atoms with Gasteiger partial charge in [-0.15, -0.1) is 0 Å². The summed E-state index contributed by atoms with van der Waals surface area (Å²) in [5, 5.41) is 13.3. The summed E-state index contributed by atoms with van der Waals surface area (Å²) < 4.78 is 91.0. The maximum Gasteiger partial charge on any atom is 0.416 e. The average molecular weight is 585 g/mol. The number of nitrogens with zero attached hydrogens (tertiary/aromatic N) is 1. The fraction of sp³-hybridized carbons (Fsp3) is 0.321. The van der Waals surface area contributed by atoms with Crippen molar-refractivity contribution in [1.29, 1.82) is 0 Å². The Morgan fingerprint density at radius 1 is 0.902 bits per heavy atom. The summed E-state index contributed by atoms with van der Waals surface area (Å²) in [5.74, 6) is 0.460. The summed E-state index contributed by atoms with van der Waals surface area (Å²) in [7, 11) is 1.41. The molecular formula is C28H26F6N2O5. The maximum absolute atomic E-state index is 13.6. The Morgan fingerprint density at radius 3 is 2.12 bits per heavy atom. The van der Waals surface area contributed by atoms with Gasteiger partial charge < -0.3 is 14.8 Å². The van der Waals surface area contributed by atoms with Crippen molar-refractivity contribution >= 4 is 11.8 Å². The summed E-state index contributed by atoms with van der Waals surface area (Å²) in [6.07, 6.45) is -12.0. The molecule has 1 unspecified atom stereocenters. The van der Waals surface area contributed by atoms with Gasteiger partial charge in [0.05, 0.1) is 23.2 Å². The number of carbonyl (C=O) groups is 1. The molecule has 3 aromatic carbocycles. The molecule has 0 fully saturated rings. The lowest BCUT2D eigenvalue weighted by molar-refractivity contribution is -0.385. The van der Waals surface area contributed by atoms with Crippen molar-refractivity contribution in [2.45, 2.75) is 51.7 Å². The van der Waals surface area contributed by atoms with Gasteiger partial charge in [-0.3, -0.25) is 10.1 Å². The number of amides is 1. The van der Waals surface area contributed by atoms with Gasteiger partial charge in [-0.1, -0.05) is 26.0 Å². The van der Waals surface area contributed by atoms with Crippen LogP contribution >= 0.6 is 0 Å². The van der Waals surface area contributed by atoms with Crippen molar-refractivity contribution < 1.29 is 45.5 Å².